The van der Waals surface area contributed by atoms with E-state index < -0.39 is 16.7 Å². The van der Waals surface area contributed by atoms with Gasteiger partial charge in [-0.15, -0.1) is 11.6 Å². The SMILES string of the molecule is O=C(NCCCl)C(=O)Nc1ccccc1[N+](=O)[O-]. The number of halogens is 1. The lowest BCUT2D eigenvalue weighted by Crippen LogP contribution is -2.36. The molecule has 0 saturated carbocycles. The molecule has 7 nitrogen and oxygen atoms in total. The quantitative estimate of drug-likeness (QED) is 0.367. The summed E-state index contributed by atoms with van der Waals surface area (Å²) in [5, 5.41) is 15.1. The minimum absolute atomic E-state index is 0.0338. The van der Waals surface area contributed by atoms with Crippen LogP contribution in [-0.2, 0) is 9.59 Å². The van der Waals surface area contributed by atoms with Gasteiger partial charge in [0, 0.05) is 18.5 Å². The molecule has 0 atom stereocenters. The van der Waals surface area contributed by atoms with E-state index in [-0.39, 0.29) is 23.8 Å². The highest BCUT2D eigenvalue weighted by atomic mass is 35.5. The van der Waals surface area contributed by atoms with Gasteiger partial charge in [0.1, 0.15) is 5.69 Å². The fourth-order valence-corrected chi connectivity index (χ4v) is 1.25. The number of nitro groups is 1. The van der Waals surface area contributed by atoms with Gasteiger partial charge < -0.3 is 10.6 Å². The van der Waals surface area contributed by atoms with Gasteiger partial charge in [-0.05, 0) is 6.07 Å². The van der Waals surface area contributed by atoms with Gasteiger partial charge >= 0.3 is 11.8 Å². The lowest BCUT2D eigenvalue weighted by molar-refractivity contribution is -0.383. The second-order valence-electron chi connectivity index (χ2n) is 3.17. The maximum Gasteiger partial charge on any atom is 0.313 e. The van der Waals surface area contributed by atoms with E-state index >= 15 is 0 Å². The number of carbonyl (C=O) groups is 2. The maximum absolute atomic E-state index is 11.4. The lowest BCUT2D eigenvalue weighted by atomic mass is 10.2. The van der Waals surface area contributed by atoms with Crippen molar-refractivity contribution in [1.82, 2.24) is 5.32 Å². The van der Waals surface area contributed by atoms with Crippen LogP contribution in [0.3, 0.4) is 0 Å². The second kappa shape index (κ2) is 6.55. The van der Waals surface area contributed by atoms with E-state index in [1.807, 2.05) is 0 Å². The Morgan fingerprint density at radius 1 is 1.28 bits per heavy atom. The Balaban J connectivity index is 2.76. The monoisotopic (exact) mass is 271 g/mol. The van der Waals surface area contributed by atoms with Crippen LogP contribution in [-0.4, -0.2) is 29.2 Å². The molecule has 96 valence electrons. The zero-order valence-electron chi connectivity index (χ0n) is 9.18. The van der Waals surface area contributed by atoms with Crippen molar-refractivity contribution in [2.75, 3.05) is 17.7 Å². The first kappa shape index (κ1) is 13.9. The molecule has 0 radical (unpaired) electrons. The van der Waals surface area contributed by atoms with Crippen molar-refractivity contribution in [3.8, 4) is 0 Å². The molecule has 18 heavy (non-hydrogen) atoms. The van der Waals surface area contributed by atoms with Crippen molar-refractivity contribution in [1.29, 1.82) is 0 Å². The molecule has 0 aliphatic carbocycles. The molecule has 0 heterocycles. The number of benzene rings is 1. The molecule has 0 unspecified atom stereocenters. The maximum atomic E-state index is 11.4. The van der Waals surface area contributed by atoms with Gasteiger partial charge in [0.05, 0.1) is 4.92 Å². The normalized spacial score (nSPS) is 9.61. The van der Waals surface area contributed by atoms with Gasteiger partial charge in [-0.25, -0.2) is 0 Å². The van der Waals surface area contributed by atoms with E-state index in [0.29, 0.717) is 0 Å². The summed E-state index contributed by atoms with van der Waals surface area (Å²) in [6.07, 6.45) is 0. The molecule has 0 fully saturated rings. The molecule has 1 rings (SSSR count). The third-order valence-corrected chi connectivity index (χ3v) is 2.12. The van der Waals surface area contributed by atoms with Crippen LogP contribution < -0.4 is 10.6 Å². The molecule has 0 saturated heterocycles. The average Bonchev–Trinajstić information content (AvgIpc) is 2.36. The van der Waals surface area contributed by atoms with E-state index in [1.165, 1.54) is 24.3 Å². The van der Waals surface area contributed by atoms with Gasteiger partial charge in [-0.3, -0.25) is 19.7 Å². The zero-order chi connectivity index (χ0) is 13.5. The smallest absolute Gasteiger partial charge is 0.313 e. The van der Waals surface area contributed by atoms with E-state index in [0.717, 1.165) is 0 Å². The summed E-state index contributed by atoms with van der Waals surface area (Å²) in [6.45, 7) is 0.144. The van der Waals surface area contributed by atoms with Crippen LogP contribution in [0, 0.1) is 10.1 Å². The average molecular weight is 272 g/mol. The third kappa shape index (κ3) is 3.70. The highest BCUT2D eigenvalue weighted by Gasteiger charge is 2.18. The van der Waals surface area contributed by atoms with Gasteiger partial charge in [-0.1, -0.05) is 12.1 Å². The van der Waals surface area contributed by atoms with Crippen molar-refractivity contribution in [2.24, 2.45) is 0 Å². The highest BCUT2D eigenvalue weighted by molar-refractivity contribution is 6.40. The number of anilines is 1. The van der Waals surface area contributed by atoms with Crippen LogP contribution in [0.25, 0.3) is 0 Å². The number of para-hydroxylation sites is 2. The number of rotatable bonds is 4. The first-order valence-electron chi connectivity index (χ1n) is 4.95. The van der Waals surface area contributed by atoms with Crippen molar-refractivity contribution >= 4 is 34.8 Å². The topological polar surface area (TPSA) is 101 Å². The highest BCUT2D eigenvalue weighted by Crippen LogP contribution is 2.22. The third-order valence-electron chi connectivity index (χ3n) is 1.94. The fraction of sp³-hybridized carbons (Fsp3) is 0.200. The minimum Gasteiger partial charge on any atom is -0.347 e. The molecule has 2 N–H and O–H groups in total. The molecule has 2 amide bonds. The molecule has 0 spiro atoms. The molecule has 0 aliphatic rings. The van der Waals surface area contributed by atoms with E-state index in [4.69, 9.17) is 11.6 Å². The van der Waals surface area contributed by atoms with Crippen LogP contribution in [0.1, 0.15) is 0 Å². The predicted octanol–water partition coefficient (Wildman–Crippen LogP) is 0.888. The molecule has 0 bridgehead atoms. The van der Waals surface area contributed by atoms with Crippen molar-refractivity contribution in [3.63, 3.8) is 0 Å². The van der Waals surface area contributed by atoms with Crippen LogP contribution in [0.2, 0.25) is 0 Å². The molecular formula is C10H10ClN3O4. The van der Waals surface area contributed by atoms with Crippen molar-refractivity contribution in [3.05, 3.63) is 34.4 Å². The van der Waals surface area contributed by atoms with Crippen LogP contribution >= 0.6 is 11.6 Å². The Bertz CT molecular complexity index is 478. The number of alkyl halides is 1. The number of nitrogens with one attached hydrogen (secondary N) is 2. The molecule has 0 aliphatic heterocycles. The van der Waals surface area contributed by atoms with Crippen LogP contribution in [0.5, 0.6) is 0 Å². The Kier molecular flexibility index (Phi) is 5.06. The predicted molar refractivity (Wildman–Crippen MR) is 65.5 cm³/mol. The minimum atomic E-state index is -0.977. The van der Waals surface area contributed by atoms with Gasteiger partial charge in [-0.2, -0.15) is 0 Å². The summed E-state index contributed by atoms with van der Waals surface area (Å²) in [4.78, 5) is 32.7. The van der Waals surface area contributed by atoms with E-state index in [2.05, 4.69) is 10.6 Å². The Labute approximate surface area is 107 Å². The fourth-order valence-electron chi connectivity index (χ4n) is 1.16. The van der Waals surface area contributed by atoms with E-state index in [9.17, 15) is 19.7 Å². The first-order chi connectivity index (χ1) is 8.56. The summed E-state index contributed by atoms with van der Waals surface area (Å²) in [5.74, 6) is -1.70. The standard InChI is InChI=1S/C10H10ClN3O4/c11-5-6-12-9(15)10(16)13-7-3-1-2-4-8(7)14(17)18/h1-4H,5-6H2,(H,12,15)(H,13,16). The summed E-state index contributed by atoms with van der Waals surface area (Å²) in [7, 11) is 0. The van der Waals surface area contributed by atoms with Crippen LogP contribution in [0.15, 0.2) is 24.3 Å². The van der Waals surface area contributed by atoms with Crippen molar-refractivity contribution < 1.29 is 14.5 Å². The van der Waals surface area contributed by atoms with Crippen molar-refractivity contribution in [2.45, 2.75) is 0 Å². The number of hydrogen-bond acceptors (Lipinski definition) is 4. The van der Waals surface area contributed by atoms with Gasteiger partial charge in [0.2, 0.25) is 0 Å². The Morgan fingerprint density at radius 2 is 1.94 bits per heavy atom. The molecule has 1 aromatic rings. The summed E-state index contributed by atoms with van der Waals surface area (Å²) < 4.78 is 0. The van der Waals surface area contributed by atoms with Crippen LogP contribution in [0.4, 0.5) is 11.4 Å². The summed E-state index contributed by atoms with van der Waals surface area (Å²) in [6, 6.07) is 5.54. The van der Waals surface area contributed by atoms with E-state index in [1.54, 1.807) is 0 Å². The molecule has 0 aromatic heterocycles. The van der Waals surface area contributed by atoms with Gasteiger partial charge in [0.15, 0.2) is 0 Å². The Hall–Kier alpha value is -2.15. The first-order valence-corrected chi connectivity index (χ1v) is 5.48. The second-order valence-corrected chi connectivity index (χ2v) is 3.55. The molecular weight excluding hydrogens is 262 g/mol. The summed E-state index contributed by atoms with van der Waals surface area (Å²) >= 11 is 5.34. The summed E-state index contributed by atoms with van der Waals surface area (Å²) in [5.41, 5.74) is -0.315. The largest absolute Gasteiger partial charge is 0.347 e. The lowest BCUT2D eigenvalue weighted by Gasteiger charge is -2.05. The zero-order valence-corrected chi connectivity index (χ0v) is 9.94. The number of nitrogens with zero attached hydrogens (tertiary/aromatic N) is 1. The molecule has 1 aromatic carbocycles. The number of amides is 2. The number of hydrogen-bond donors (Lipinski definition) is 2. The Morgan fingerprint density at radius 3 is 2.56 bits per heavy atom. The number of nitro benzene ring substituents is 1. The number of carbonyl (C=O) groups excluding carboxylic acids is 2. The molecule has 8 heteroatoms. The van der Waals surface area contributed by atoms with Gasteiger partial charge in [0.25, 0.3) is 5.69 Å².